The van der Waals surface area contributed by atoms with Gasteiger partial charge < -0.3 is 0 Å². The summed E-state index contributed by atoms with van der Waals surface area (Å²) in [6.45, 7) is 10.8. The van der Waals surface area contributed by atoms with Gasteiger partial charge in [-0.05, 0) is 43.9 Å². The van der Waals surface area contributed by atoms with Crippen LogP contribution in [0.3, 0.4) is 0 Å². The normalized spacial score (nSPS) is 24.6. The molecule has 0 amide bonds. The van der Waals surface area contributed by atoms with Gasteiger partial charge in [-0.3, -0.25) is 11.3 Å². The van der Waals surface area contributed by atoms with Crippen LogP contribution in [0.4, 0.5) is 0 Å². The zero-order chi connectivity index (χ0) is 10.8. The lowest BCUT2D eigenvalue weighted by molar-refractivity contribution is 0.171. The van der Waals surface area contributed by atoms with E-state index in [4.69, 9.17) is 5.84 Å². The van der Waals surface area contributed by atoms with Gasteiger partial charge in [0.25, 0.3) is 0 Å². The molecule has 82 valence electrons. The lowest BCUT2D eigenvalue weighted by atomic mass is 9.70. The van der Waals surface area contributed by atoms with E-state index < -0.39 is 0 Å². The lowest BCUT2D eigenvalue weighted by Crippen LogP contribution is -2.43. The van der Waals surface area contributed by atoms with Gasteiger partial charge in [0, 0.05) is 6.04 Å². The standard InChI is InChI=1S/C12H24N2/c1-9(2)11(14-13)10-5-7-12(3,4)8-6-10/h10-11,14H,1,5-8,13H2,2-4H3. The summed E-state index contributed by atoms with van der Waals surface area (Å²) in [5.74, 6) is 6.25. The number of rotatable bonds is 3. The van der Waals surface area contributed by atoms with Crippen molar-refractivity contribution in [3.8, 4) is 0 Å². The number of hydrogen-bond acceptors (Lipinski definition) is 2. The molecule has 0 saturated heterocycles. The van der Waals surface area contributed by atoms with Gasteiger partial charge in [-0.1, -0.05) is 26.0 Å². The van der Waals surface area contributed by atoms with Crippen LogP contribution in [0, 0.1) is 11.3 Å². The minimum absolute atomic E-state index is 0.311. The van der Waals surface area contributed by atoms with Crippen LogP contribution >= 0.6 is 0 Å². The summed E-state index contributed by atoms with van der Waals surface area (Å²) in [7, 11) is 0. The molecule has 1 aliphatic rings. The second kappa shape index (κ2) is 4.45. The molecule has 1 fully saturated rings. The van der Waals surface area contributed by atoms with Crippen molar-refractivity contribution in [2.24, 2.45) is 17.2 Å². The van der Waals surface area contributed by atoms with Crippen LogP contribution in [0.15, 0.2) is 12.2 Å². The van der Waals surface area contributed by atoms with E-state index in [1.54, 1.807) is 0 Å². The smallest absolute Gasteiger partial charge is 0.0442 e. The highest BCUT2D eigenvalue weighted by Gasteiger charge is 2.30. The molecule has 14 heavy (non-hydrogen) atoms. The Balaban J connectivity index is 2.51. The Morgan fingerprint density at radius 2 is 1.93 bits per heavy atom. The summed E-state index contributed by atoms with van der Waals surface area (Å²) in [6.07, 6.45) is 5.16. The molecule has 2 nitrogen and oxygen atoms in total. The van der Waals surface area contributed by atoms with Crippen molar-refractivity contribution in [3.05, 3.63) is 12.2 Å². The molecule has 0 aromatic rings. The predicted octanol–water partition coefficient (Wildman–Crippen LogP) is 2.61. The Bertz CT molecular complexity index is 198. The molecule has 0 radical (unpaired) electrons. The highest BCUT2D eigenvalue weighted by molar-refractivity contribution is 5.04. The summed E-state index contributed by atoms with van der Waals surface area (Å²) in [6, 6.07) is 0.311. The number of nitrogens with one attached hydrogen (secondary N) is 1. The third kappa shape index (κ3) is 2.82. The van der Waals surface area contributed by atoms with Crippen LogP contribution in [0.25, 0.3) is 0 Å². The van der Waals surface area contributed by atoms with Gasteiger partial charge in [0.1, 0.15) is 0 Å². The molecule has 0 aromatic heterocycles. The monoisotopic (exact) mass is 196 g/mol. The van der Waals surface area contributed by atoms with Crippen LogP contribution in [0.2, 0.25) is 0 Å². The summed E-state index contributed by atoms with van der Waals surface area (Å²) in [4.78, 5) is 0. The van der Waals surface area contributed by atoms with Crippen LogP contribution < -0.4 is 11.3 Å². The van der Waals surface area contributed by atoms with Crippen molar-refractivity contribution in [1.29, 1.82) is 0 Å². The zero-order valence-corrected chi connectivity index (χ0v) is 9.77. The van der Waals surface area contributed by atoms with Gasteiger partial charge in [-0.2, -0.15) is 0 Å². The Labute approximate surface area is 87.9 Å². The van der Waals surface area contributed by atoms with Crippen molar-refractivity contribution in [2.75, 3.05) is 0 Å². The Morgan fingerprint density at radius 3 is 2.29 bits per heavy atom. The summed E-state index contributed by atoms with van der Waals surface area (Å²) < 4.78 is 0. The lowest BCUT2D eigenvalue weighted by Gasteiger charge is -2.38. The molecule has 1 aliphatic carbocycles. The minimum Gasteiger partial charge on any atom is -0.271 e. The molecule has 0 aromatic carbocycles. The van der Waals surface area contributed by atoms with Gasteiger partial charge in [-0.15, -0.1) is 0 Å². The summed E-state index contributed by atoms with van der Waals surface area (Å²) >= 11 is 0. The van der Waals surface area contributed by atoms with Gasteiger partial charge in [-0.25, -0.2) is 0 Å². The summed E-state index contributed by atoms with van der Waals surface area (Å²) in [5, 5.41) is 0. The molecule has 2 heteroatoms. The second-order valence-corrected chi connectivity index (χ2v) is 5.49. The van der Waals surface area contributed by atoms with Crippen LogP contribution in [0.5, 0.6) is 0 Å². The van der Waals surface area contributed by atoms with Gasteiger partial charge >= 0.3 is 0 Å². The maximum absolute atomic E-state index is 5.56. The maximum atomic E-state index is 5.56. The molecule has 1 saturated carbocycles. The first-order chi connectivity index (χ1) is 6.46. The molecule has 0 heterocycles. The van der Waals surface area contributed by atoms with Crippen molar-refractivity contribution < 1.29 is 0 Å². The third-order valence-electron chi connectivity index (χ3n) is 3.57. The molecule has 3 N–H and O–H groups in total. The first-order valence-electron chi connectivity index (χ1n) is 5.58. The fourth-order valence-corrected chi connectivity index (χ4v) is 2.44. The SMILES string of the molecule is C=C(C)C(NN)C1CCC(C)(C)CC1. The zero-order valence-electron chi connectivity index (χ0n) is 9.77. The van der Waals surface area contributed by atoms with E-state index in [-0.39, 0.29) is 0 Å². The van der Waals surface area contributed by atoms with Crippen LogP contribution in [-0.2, 0) is 0 Å². The van der Waals surface area contributed by atoms with E-state index in [9.17, 15) is 0 Å². The van der Waals surface area contributed by atoms with E-state index in [1.807, 2.05) is 0 Å². The molecular formula is C12H24N2. The van der Waals surface area contributed by atoms with E-state index in [2.05, 4.69) is 32.8 Å². The van der Waals surface area contributed by atoms with Crippen molar-refractivity contribution in [1.82, 2.24) is 5.43 Å². The second-order valence-electron chi connectivity index (χ2n) is 5.49. The fourth-order valence-electron chi connectivity index (χ4n) is 2.44. The molecule has 1 rings (SSSR count). The van der Waals surface area contributed by atoms with Crippen molar-refractivity contribution in [2.45, 2.75) is 52.5 Å². The Morgan fingerprint density at radius 1 is 1.43 bits per heavy atom. The molecule has 0 bridgehead atoms. The van der Waals surface area contributed by atoms with E-state index >= 15 is 0 Å². The van der Waals surface area contributed by atoms with E-state index in [1.165, 1.54) is 25.7 Å². The topological polar surface area (TPSA) is 38.0 Å². The van der Waals surface area contributed by atoms with Gasteiger partial charge in [0.15, 0.2) is 0 Å². The molecule has 1 atom stereocenters. The van der Waals surface area contributed by atoms with Crippen LogP contribution in [-0.4, -0.2) is 6.04 Å². The summed E-state index contributed by atoms with van der Waals surface area (Å²) in [5.41, 5.74) is 4.60. The maximum Gasteiger partial charge on any atom is 0.0442 e. The minimum atomic E-state index is 0.311. The van der Waals surface area contributed by atoms with E-state index in [0.29, 0.717) is 17.4 Å². The average Bonchev–Trinajstić information content (AvgIpc) is 2.08. The Hall–Kier alpha value is -0.340. The fraction of sp³-hybridized carbons (Fsp3) is 0.833. The first kappa shape index (κ1) is 11.7. The third-order valence-corrected chi connectivity index (χ3v) is 3.57. The van der Waals surface area contributed by atoms with Gasteiger partial charge in [0.2, 0.25) is 0 Å². The predicted molar refractivity (Wildman–Crippen MR) is 61.7 cm³/mol. The van der Waals surface area contributed by atoms with Gasteiger partial charge in [0.05, 0.1) is 0 Å². The van der Waals surface area contributed by atoms with E-state index in [0.717, 1.165) is 5.57 Å². The highest BCUT2D eigenvalue weighted by atomic mass is 15.2. The van der Waals surface area contributed by atoms with Crippen LogP contribution in [0.1, 0.15) is 46.5 Å². The molecular weight excluding hydrogens is 172 g/mol. The molecule has 0 spiro atoms. The highest BCUT2D eigenvalue weighted by Crippen LogP contribution is 2.39. The first-order valence-corrected chi connectivity index (χ1v) is 5.58. The molecule has 1 unspecified atom stereocenters. The number of nitrogens with two attached hydrogens (primary N) is 1. The largest absolute Gasteiger partial charge is 0.271 e. The molecule has 0 aliphatic heterocycles. The van der Waals surface area contributed by atoms with Crippen molar-refractivity contribution in [3.63, 3.8) is 0 Å². The quantitative estimate of drug-likeness (QED) is 0.414. The average molecular weight is 196 g/mol. The number of hydrogen-bond donors (Lipinski definition) is 2. The van der Waals surface area contributed by atoms with Crippen molar-refractivity contribution >= 4 is 0 Å². The Kier molecular flexibility index (Phi) is 3.73. The number of hydrazine groups is 1.